The minimum Gasteiger partial charge on any atom is -0.387 e. The number of urea groups is 1. The smallest absolute Gasteiger partial charge is 0.317 e. The monoisotopic (exact) mass is 307 g/mol. The highest BCUT2D eigenvalue weighted by Crippen LogP contribution is 2.21. The molecular weight excluding hydrogens is 285 g/mol. The summed E-state index contributed by atoms with van der Waals surface area (Å²) >= 11 is 0. The number of likely N-dealkylation sites (tertiary alicyclic amines) is 1. The molecule has 0 spiro atoms. The predicted molar refractivity (Wildman–Crippen MR) is 80.9 cm³/mol. The molecule has 0 aliphatic carbocycles. The Hall–Kier alpha value is -1.66. The molecule has 0 bridgehead atoms. The SMILES string of the molecule is O=C1NCCN1C1CCN(C[C@H](O)c2ccc(F)cc2)CC1. The number of halogens is 1. The second-order valence-electron chi connectivity index (χ2n) is 6.02. The molecule has 22 heavy (non-hydrogen) atoms. The molecule has 6 heteroatoms. The third-order valence-corrected chi connectivity index (χ3v) is 4.57. The van der Waals surface area contributed by atoms with Gasteiger partial charge in [0.1, 0.15) is 5.82 Å². The molecule has 5 nitrogen and oxygen atoms in total. The number of carbonyl (C=O) groups excluding carboxylic acids is 1. The molecule has 2 fully saturated rings. The molecule has 2 heterocycles. The number of benzene rings is 1. The molecule has 0 aromatic heterocycles. The van der Waals surface area contributed by atoms with Crippen LogP contribution < -0.4 is 5.32 Å². The van der Waals surface area contributed by atoms with Crippen molar-refractivity contribution in [3.63, 3.8) is 0 Å². The van der Waals surface area contributed by atoms with Gasteiger partial charge in [-0.1, -0.05) is 12.1 Å². The van der Waals surface area contributed by atoms with E-state index in [9.17, 15) is 14.3 Å². The van der Waals surface area contributed by atoms with Crippen LogP contribution in [0.3, 0.4) is 0 Å². The van der Waals surface area contributed by atoms with Crippen LogP contribution >= 0.6 is 0 Å². The lowest BCUT2D eigenvalue weighted by Crippen LogP contribution is -2.46. The number of hydrogen-bond donors (Lipinski definition) is 2. The number of rotatable bonds is 4. The molecule has 2 aliphatic rings. The summed E-state index contributed by atoms with van der Waals surface area (Å²) in [5.41, 5.74) is 0.738. The first kappa shape index (κ1) is 15.2. The van der Waals surface area contributed by atoms with Gasteiger partial charge in [0, 0.05) is 38.8 Å². The molecule has 0 radical (unpaired) electrons. The zero-order valence-corrected chi connectivity index (χ0v) is 12.5. The molecule has 3 rings (SSSR count). The van der Waals surface area contributed by atoms with Gasteiger partial charge in [0.25, 0.3) is 0 Å². The van der Waals surface area contributed by atoms with Gasteiger partial charge in [0.2, 0.25) is 0 Å². The van der Waals surface area contributed by atoms with Gasteiger partial charge in [-0.25, -0.2) is 9.18 Å². The van der Waals surface area contributed by atoms with Crippen molar-refractivity contribution in [3.05, 3.63) is 35.6 Å². The Labute approximate surface area is 129 Å². The van der Waals surface area contributed by atoms with E-state index >= 15 is 0 Å². The number of hydrogen-bond acceptors (Lipinski definition) is 3. The van der Waals surface area contributed by atoms with Gasteiger partial charge in [-0.3, -0.25) is 0 Å². The molecule has 2 aliphatic heterocycles. The molecule has 1 aromatic carbocycles. The minimum absolute atomic E-state index is 0.0461. The lowest BCUT2D eigenvalue weighted by molar-refractivity contribution is 0.0795. The summed E-state index contributed by atoms with van der Waals surface area (Å²) in [6, 6.07) is 6.35. The largest absolute Gasteiger partial charge is 0.387 e. The first-order chi connectivity index (χ1) is 10.6. The highest BCUT2D eigenvalue weighted by atomic mass is 19.1. The second kappa shape index (κ2) is 6.62. The van der Waals surface area contributed by atoms with Crippen molar-refractivity contribution in [1.29, 1.82) is 0 Å². The summed E-state index contributed by atoms with van der Waals surface area (Å²) in [5, 5.41) is 13.1. The third kappa shape index (κ3) is 3.39. The zero-order valence-electron chi connectivity index (χ0n) is 12.5. The molecule has 2 amide bonds. The fourth-order valence-corrected chi connectivity index (χ4v) is 3.28. The van der Waals surface area contributed by atoms with Crippen LogP contribution in [0.2, 0.25) is 0 Å². The second-order valence-corrected chi connectivity index (χ2v) is 6.02. The van der Waals surface area contributed by atoms with Crippen molar-refractivity contribution in [2.75, 3.05) is 32.7 Å². The van der Waals surface area contributed by atoms with E-state index < -0.39 is 6.10 Å². The van der Waals surface area contributed by atoms with Crippen LogP contribution in [0.15, 0.2) is 24.3 Å². The maximum absolute atomic E-state index is 12.9. The molecule has 1 atom stereocenters. The average molecular weight is 307 g/mol. The standard InChI is InChI=1S/C16H22FN3O2/c17-13-3-1-12(2-4-13)15(21)11-19-8-5-14(6-9-19)20-10-7-18-16(20)22/h1-4,14-15,21H,5-11H2,(H,18,22)/t15-/m0/s1. The van der Waals surface area contributed by atoms with Gasteiger partial charge >= 0.3 is 6.03 Å². The quantitative estimate of drug-likeness (QED) is 0.883. The van der Waals surface area contributed by atoms with E-state index in [4.69, 9.17) is 0 Å². The minimum atomic E-state index is -0.604. The Bertz CT molecular complexity index is 515. The highest BCUT2D eigenvalue weighted by Gasteiger charge is 2.31. The number of amides is 2. The lowest BCUT2D eigenvalue weighted by atomic mass is 10.0. The Balaban J connectivity index is 1.49. The summed E-state index contributed by atoms with van der Waals surface area (Å²) < 4.78 is 12.9. The number of nitrogens with one attached hydrogen (secondary N) is 1. The van der Waals surface area contributed by atoms with Crippen molar-refractivity contribution >= 4 is 6.03 Å². The maximum atomic E-state index is 12.9. The highest BCUT2D eigenvalue weighted by molar-refractivity contribution is 5.76. The van der Waals surface area contributed by atoms with Crippen LogP contribution in [0.4, 0.5) is 9.18 Å². The van der Waals surface area contributed by atoms with E-state index in [0.29, 0.717) is 12.6 Å². The number of carbonyl (C=O) groups is 1. The number of aliphatic hydroxyl groups excluding tert-OH is 1. The Morgan fingerprint density at radius 3 is 2.50 bits per heavy atom. The maximum Gasteiger partial charge on any atom is 0.317 e. The van der Waals surface area contributed by atoms with Crippen molar-refractivity contribution in [1.82, 2.24) is 15.1 Å². The summed E-state index contributed by atoms with van der Waals surface area (Å²) in [7, 11) is 0. The number of nitrogens with zero attached hydrogens (tertiary/aromatic N) is 2. The van der Waals surface area contributed by atoms with E-state index in [-0.39, 0.29) is 11.8 Å². The molecule has 1 aromatic rings. The molecule has 0 saturated carbocycles. The van der Waals surface area contributed by atoms with Crippen molar-refractivity contribution in [2.24, 2.45) is 0 Å². The fraction of sp³-hybridized carbons (Fsp3) is 0.562. The van der Waals surface area contributed by atoms with E-state index in [0.717, 1.165) is 44.6 Å². The van der Waals surface area contributed by atoms with E-state index in [1.54, 1.807) is 12.1 Å². The first-order valence-electron chi connectivity index (χ1n) is 7.84. The summed E-state index contributed by atoms with van der Waals surface area (Å²) in [4.78, 5) is 15.8. The summed E-state index contributed by atoms with van der Waals surface area (Å²) in [5.74, 6) is -0.291. The van der Waals surface area contributed by atoms with Gasteiger partial charge in [-0.05, 0) is 30.5 Å². The van der Waals surface area contributed by atoms with Gasteiger partial charge in [0.15, 0.2) is 0 Å². The first-order valence-corrected chi connectivity index (χ1v) is 7.84. The average Bonchev–Trinajstić information content (AvgIpc) is 2.95. The van der Waals surface area contributed by atoms with Gasteiger partial charge in [0.05, 0.1) is 6.10 Å². The molecule has 120 valence electrons. The Morgan fingerprint density at radius 2 is 1.91 bits per heavy atom. The fourth-order valence-electron chi connectivity index (χ4n) is 3.28. The van der Waals surface area contributed by atoms with Gasteiger partial charge in [-0.15, -0.1) is 0 Å². The summed E-state index contributed by atoms with van der Waals surface area (Å²) in [6.07, 6.45) is 1.26. The van der Waals surface area contributed by atoms with Crippen molar-refractivity contribution in [2.45, 2.75) is 25.0 Å². The van der Waals surface area contributed by atoms with E-state index in [2.05, 4.69) is 10.2 Å². The van der Waals surface area contributed by atoms with Crippen LogP contribution in [0.5, 0.6) is 0 Å². The van der Waals surface area contributed by atoms with Crippen molar-refractivity contribution in [3.8, 4) is 0 Å². The van der Waals surface area contributed by atoms with Crippen LogP contribution in [0.1, 0.15) is 24.5 Å². The number of piperidine rings is 1. The predicted octanol–water partition coefficient (Wildman–Crippen LogP) is 1.35. The third-order valence-electron chi connectivity index (χ3n) is 4.57. The number of β-amino-alcohol motifs (C(OH)–C–C–N with tert-alkyl or cyclic N) is 1. The van der Waals surface area contributed by atoms with E-state index in [1.165, 1.54) is 12.1 Å². The molecular formula is C16H22FN3O2. The molecule has 2 N–H and O–H groups in total. The van der Waals surface area contributed by atoms with Crippen LogP contribution in [0.25, 0.3) is 0 Å². The lowest BCUT2D eigenvalue weighted by Gasteiger charge is -2.36. The summed E-state index contributed by atoms with van der Waals surface area (Å²) in [6.45, 7) is 3.81. The molecule has 2 saturated heterocycles. The van der Waals surface area contributed by atoms with Gasteiger partial charge in [-0.2, -0.15) is 0 Å². The van der Waals surface area contributed by atoms with E-state index in [1.807, 2.05) is 4.90 Å². The van der Waals surface area contributed by atoms with Gasteiger partial charge < -0.3 is 20.2 Å². The zero-order chi connectivity index (χ0) is 15.5. The topological polar surface area (TPSA) is 55.8 Å². The molecule has 0 unspecified atom stereocenters. The van der Waals surface area contributed by atoms with Crippen LogP contribution in [-0.4, -0.2) is 59.7 Å². The van der Waals surface area contributed by atoms with Crippen molar-refractivity contribution < 1.29 is 14.3 Å². The number of aliphatic hydroxyl groups is 1. The Kier molecular flexibility index (Phi) is 4.59. The van der Waals surface area contributed by atoms with Crippen LogP contribution in [0, 0.1) is 5.82 Å². The van der Waals surface area contributed by atoms with Crippen LogP contribution in [-0.2, 0) is 0 Å². The Morgan fingerprint density at radius 1 is 1.23 bits per heavy atom. The normalized spacial score (nSPS) is 21.9.